The lowest BCUT2D eigenvalue weighted by atomic mass is 9.90. The molecule has 0 unspecified atom stereocenters. The number of benzene rings is 1. The first kappa shape index (κ1) is 21.9. The van der Waals surface area contributed by atoms with Crippen molar-refractivity contribution in [2.45, 2.75) is 46.1 Å². The molecule has 0 spiro atoms. The van der Waals surface area contributed by atoms with Gasteiger partial charge in [0, 0.05) is 63.0 Å². The molecular formula is C24H27ClN4O. The molecule has 5 nitrogen and oxygen atoms in total. The van der Waals surface area contributed by atoms with E-state index in [9.17, 15) is 4.79 Å². The Kier molecular flexibility index (Phi) is 6.54. The number of rotatable bonds is 5. The lowest BCUT2D eigenvalue weighted by molar-refractivity contribution is 0.0927. The molecule has 1 aromatic carbocycles. The van der Waals surface area contributed by atoms with Gasteiger partial charge in [0.2, 0.25) is 0 Å². The Hall–Kier alpha value is -2.76. The normalized spacial score (nSPS) is 11.6. The summed E-state index contributed by atoms with van der Waals surface area (Å²) in [5, 5.41) is 0.497. The summed E-state index contributed by atoms with van der Waals surface area (Å²) in [6, 6.07) is 11.5. The Morgan fingerprint density at radius 2 is 1.73 bits per heavy atom. The lowest BCUT2D eigenvalue weighted by Crippen LogP contribution is -2.41. The molecule has 2 aromatic heterocycles. The lowest BCUT2D eigenvalue weighted by Gasteiger charge is -2.18. The van der Waals surface area contributed by atoms with E-state index >= 15 is 0 Å². The van der Waals surface area contributed by atoms with Gasteiger partial charge in [0.15, 0.2) is 0 Å². The zero-order chi connectivity index (χ0) is 21.9. The van der Waals surface area contributed by atoms with E-state index in [4.69, 9.17) is 11.6 Å². The van der Waals surface area contributed by atoms with Crippen LogP contribution in [-0.2, 0) is 5.41 Å². The summed E-state index contributed by atoms with van der Waals surface area (Å²) in [6.45, 7) is 10.3. The van der Waals surface area contributed by atoms with Crippen molar-refractivity contribution in [1.82, 2.24) is 20.8 Å². The van der Waals surface area contributed by atoms with Crippen LogP contribution < -0.4 is 10.9 Å². The summed E-state index contributed by atoms with van der Waals surface area (Å²) in [5.74, 6) is -0.226. The minimum Gasteiger partial charge on any atom is -0.287 e. The van der Waals surface area contributed by atoms with Crippen molar-refractivity contribution in [3.63, 3.8) is 0 Å². The van der Waals surface area contributed by atoms with Crippen molar-refractivity contribution in [2.75, 3.05) is 0 Å². The molecule has 30 heavy (non-hydrogen) atoms. The van der Waals surface area contributed by atoms with Gasteiger partial charge in [-0.2, -0.15) is 0 Å². The van der Waals surface area contributed by atoms with Gasteiger partial charge < -0.3 is 0 Å². The molecule has 2 heterocycles. The number of hydrogen-bond acceptors (Lipinski definition) is 4. The van der Waals surface area contributed by atoms with E-state index < -0.39 is 0 Å². The first-order valence-corrected chi connectivity index (χ1v) is 10.3. The fourth-order valence-electron chi connectivity index (χ4n) is 2.94. The second-order valence-corrected chi connectivity index (χ2v) is 9.00. The molecule has 0 radical (unpaired) electrons. The molecule has 3 rings (SSSR count). The van der Waals surface area contributed by atoms with Gasteiger partial charge in [-0.25, -0.2) is 5.43 Å². The van der Waals surface area contributed by atoms with E-state index in [0.29, 0.717) is 10.6 Å². The average Bonchev–Trinajstić information content (AvgIpc) is 2.71. The van der Waals surface area contributed by atoms with Crippen molar-refractivity contribution in [1.29, 1.82) is 0 Å². The van der Waals surface area contributed by atoms with Crippen LogP contribution in [0.3, 0.4) is 0 Å². The highest BCUT2D eigenvalue weighted by molar-refractivity contribution is 6.33. The molecule has 0 bridgehead atoms. The summed E-state index contributed by atoms with van der Waals surface area (Å²) in [5.41, 5.74) is 10.8. The number of hydrazine groups is 1. The van der Waals surface area contributed by atoms with Crippen LogP contribution in [0.15, 0.2) is 55.0 Å². The molecule has 1 amide bonds. The third-order valence-electron chi connectivity index (χ3n) is 4.62. The number of nitrogens with one attached hydrogen (secondary N) is 2. The Labute approximate surface area is 182 Å². The topological polar surface area (TPSA) is 66.9 Å². The predicted octanol–water partition coefficient (Wildman–Crippen LogP) is 5.40. The molecule has 156 valence electrons. The van der Waals surface area contributed by atoms with Gasteiger partial charge in [0.1, 0.15) is 0 Å². The second-order valence-electron chi connectivity index (χ2n) is 8.59. The number of carbonyl (C=O) groups is 1. The van der Waals surface area contributed by atoms with Crippen molar-refractivity contribution in [3.05, 3.63) is 71.3 Å². The van der Waals surface area contributed by atoms with E-state index in [2.05, 4.69) is 53.7 Å². The Morgan fingerprint density at radius 3 is 2.40 bits per heavy atom. The Morgan fingerprint density at radius 1 is 1.00 bits per heavy atom. The summed E-state index contributed by atoms with van der Waals surface area (Å²) >= 11 is 6.52. The van der Waals surface area contributed by atoms with E-state index in [1.54, 1.807) is 18.3 Å². The molecule has 2 N–H and O–H groups in total. The Balaban J connectivity index is 1.90. The van der Waals surface area contributed by atoms with Gasteiger partial charge in [-0.3, -0.25) is 20.2 Å². The first-order valence-electron chi connectivity index (χ1n) is 9.93. The molecule has 0 atom stereocenters. The van der Waals surface area contributed by atoms with Crippen molar-refractivity contribution >= 4 is 17.5 Å². The van der Waals surface area contributed by atoms with Gasteiger partial charge in [0.25, 0.3) is 5.91 Å². The number of pyridine rings is 2. The number of carbonyl (C=O) groups excluding carboxylic acids is 1. The fourth-order valence-corrected chi connectivity index (χ4v) is 3.23. The van der Waals surface area contributed by atoms with E-state index in [-0.39, 0.29) is 17.4 Å². The van der Waals surface area contributed by atoms with Crippen LogP contribution in [-0.4, -0.2) is 21.9 Å². The summed E-state index contributed by atoms with van der Waals surface area (Å²) in [6.07, 6.45) is 5.43. The molecule has 0 fully saturated rings. The molecule has 0 saturated heterocycles. The summed E-state index contributed by atoms with van der Waals surface area (Å²) < 4.78 is 0. The van der Waals surface area contributed by atoms with Crippen molar-refractivity contribution < 1.29 is 4.79 Å². The van der Waals surface area contributed by atoms with Crippen LogP contribution in [0.1, 0.15) is 50.7 Å². The maximum absolute atomic E-state index is 12.3. The van der Waals surface area contributed by atoms with Gasteiger partial charge in [-0.1, -0.05) is 38.4 Å². The highest BCUT2D eigenvalue weighted by Gasteiger charge is 2.16. The average molecular weight is 423 g/mol. The number of nitrogens with zero attached hydrogens (tertiary/aromatic N) is 2. The molecule has 0 aliphatic heterocycles. The standard InChI is InChI=1S/C24H27ClN4O/c1-15(2)28-29-23(30)17-6-7-20(21(25)11-17)19-10-18(13-26-14-19)16-8-9-27-22(12-16)24(3,4)5/h6-15,28H,1-5H3,(H,29,30). The van der Waals surface area contributed by atoms with Gasteiger partial charge >= 0.3 is 0 Å². The molecule has 6 heteroatoms. The molecule has 3 aromatic rings. The zero-order valence-electron chi connectivity index (χ0n) is 18.0. The van der Waals surface area contributed by atoms with Crippen LogP contribution >= 0.6 is 11.6 Å². The Bertz CT molecular complexity index is 1060. The van der Waals surface area contributed by atoms with Crippen LogP contribution in [0.25, 0.3) is 22.3 Å². The fraction of sp³-hybridized carbons (Fsp3) is 0.292. The van der Waals surface area contributed by atoms with E-state index in [0.717, 1.165) is 27.9 Å². The number of aromatic nitrogens is 2. The van der Waals surface area contributed by atoms with Crippen LogP contribution in [0.2, 0.25) is 5.02 Å². The number of hydrogen-bond donors (Lipinski definition) is 2. The third kappa shape index (κ3) is 5.23. The second kappa shape index (κ2) is 8.94. The van der Waals surface area contributed by atoms with Gasteiger partial charge in [-0.15, -0.1) is 0 Å². The van der Waals surface area contributed by atoms with E-state index in [1.165, 1.54) is 0 Å². The van der Waals surface area contributed by atoms with E-state index in [1.807, 2.05) is 38.4 Å². The highest BCUT2D eigenvalue weighted by Crippen LogP contribution is 2.32. The maximum Gasteiger partial charge on any atom is 0.265 e. The van der Waals surface area contributed by atoms with Gasteiger partial charge in [-0.05, 0) is 49.7 Å². The largest absolute Gasteiger partial charge is 0.287 e. The third-order valence-corrected chi connectivity index (χ3v) is 4.93. The maximum atomic E-state index is 12.3. The SMILES string of the molecule is CC(C)NNC(=O)c1ccc(-c2cncc(-c3ccnc(C(C)(C)C)c3)c2)c(Cl)c1. The number of halogens is 1. The first-order chi connectivity index (χ1) is 14.1. The summed E-state index contributed by atoms with van der Waals surface area (Å²) in [7, 11) is 0. The minimum absolute atomic E-state index is 0.0365. The molecule has 0 aliphatic rings. The quantitative estimate of drug-likeness (QED) is 0.540. The van der Waals surface area contributed by atoms with Gasteiger partial charge in [0.05, 0.1) is 0 Å². The molecule has 0 saturated carbocycles. The van der Waals surface area contributed by atoms with Crippen molar-refractivity contribution in [3.8, 4) is 22.3 Å². The van der Waals surface area contributed by atoms with Crippen molar-refractivity contribution in [2.24, 2.45) is 0 Å². The highest BCUT2D eigenvalue weighted by atomic mass is 35.5. The molecular weight excluding hydrogens is 396 g/mol. The monoisotopic (exact) mass is 422 g/mol. The molecule has 0 aliphatic carbocycles. The van der Waals surface area contributed by atoms with Crippen LogP contribution in [0.5, 0.6) is 0 Å². The summed E-state index contributed by atoms with van der Waals surface area (Å²) in [4.78, 5) is 21.2. The van der Waals surface area contributed by atoms with Crippen LogP contribution in [0, 0.1) is 0 Å². The number of amides is 1. The predicted molar refractivity (Wildman–Crippen MR) is 122 cm³/mol. The van der Waals surface area contributed by atoms with Crippen LogP contribution in [0.4, 0.5) is 0 Å². The smallest absolute Gasteiger partial charge is 0.265 e. The zero-order valence-corrected chi connectivity index (χ0v) is 18.7. The minimum atomic E-state index is -0.226.